The Bertz CT molecular complexity index is 989. The number of aryl methyl sites for hydroxylation is 1. The zero-order valence-corrected chi connectivity index (χ0v) is 15.1. The molecule has 25 heavy (non-hydrogen) atoms. The third kappa shape index (κ3) is 3.39. The highest BCUT2D eigenvalue weighted by molar-refractivity contribution is 6.33. The van der Waals surface area contributed by atoms with E-state index in [0.717, 1.165) is 5.56 Å². The molecular weight excluding hydrogens is 344 g/mol. The summed E-state index contributed by atoms with van der Waals surface area (Å²) in [6.07, 6.45) is 1.29. The van der Waals surface area contributed by atoms with Crippen LogP contribution in [-0.2, 0) is 7.05 Å². The number of anilines is 2. The zero-order chi connectivity index (χ0) is 18.7. The van der Waals surface area contributed by atoms with Gasteiger partial charge in [-0.05, 0) is 30.7 Å². The van der Waals surface area contributed by atoms with Crippen molar-refractivity contribution in [3.8, 4) is 0 Å². The SMILES string of the molecule is CC.Cc1ccc(Nc2c(C(=O)O)c3occc3c(=O)n2C)c(Cl)c1. The Kier molecular flexibility index (Phi) is 5.54. The maximum atomic E-state index is 12.4. The van der Waals surface area contributed by atoms with Crippen LogP contribution in [0.4, 0.5) is 11.5 Å². The summed E-state index contributed by atoms with van der Waals surface area (Å²) >= 11 is 6.18. The highest BCUT2D eigenvalue weighted by Gasteiger charge is 2.23. The van der Waals surface area contributed by atoms with Gasteiger partial charge in [0, 0.05) is 7.05 Å². The largest absolute Gasteiger partial charge is 0.477 e. The number of hydrogen-bond donors (Lipinski definition) is 2. The molecule has 0 unspecified atom stereocenters. The second-order valence-electron chi connectivity index (χ2n) is 5.16. The molecule has 7 heteroatoms. The normalized spacial score (nSPS) is 10.3. The molecule has 6 nitrogen and oxygen atoms in total. The molecular formula is C18H19ClN2O4. The van der Waals surface area contributed by atoms with E-state index in [2.05, 4.69) is 5.32 Å². The van der Waals surface area contributed by atoms with Gasteiger partial charge in [0.1, 0.15) is 11.4 Å². The predicted molar refractivity (Wildman–Crippen MR) is 99.2 cm³/mol. The van der Waals surface area contributed by atoms with Crippen molar-refractivity contribution in [3.05, 3.63) is 57.0 Å². The molecule has 0 aliphatic heterocycles. The number of nitrogens with zero attached hydrogens (tertiary/aromatic N) is 1. The molecule has 0 radical (unpaired) electrons. The molecule has 0 saturated heterocycles. The average molecular weight is 363 g/mol. The number of halogens is 1. The lowest BCUT2D eigenvalue weighted by atomic mass is 10.1. The van der Waals surface area contributed by atoms with Gasteiger partial charge in [-0.3, -0.25) is 9.36 Å². The molecule has 2 N–H and O–H groups in total. The first kappa shape index (κ1) is 18.6. The minimum Gasteiger partial charge on any atom is -0.477 e. The van der Waals surface area contributed by atoms with Gasteiger partial charge < -0.3 is 14.8 Å². The minimum absolute atomic E-state index is 0.0336. The van der Waals surface area contributed by atoms with Crippen LogP contribution in [0.5, 0.6) is 0 Å². The first-order valence-corrected chi connectivity index (χ1v) is 8.14. The highest BCUT2D eigenvalue weighted by atomic mass is 35.5. The van der Waals surface area contributed by atoms with E-state index in [-0.39, 0.29) is 27.9 Å². The lowest BCUT2D eigenvalue weighted by Gasteiger charge is -2.15. The van der Waals surface area contributed by atoms with E-state index in [9.17, 15) is 14.7 Å². The summed E-state index contributed by atoms with van der Waals surface area (Å²) in [7, 11) is 1.49. The van der Waals surface area contributed by atoms with Crippen molar-refractivity contribution in [2.24, 2.45) is 7.05 Å². The molecule has 3 aromatic rings. The van der Waals surface area contributed by atoms with Gasteiger partial charge in [0.25, 0.3) is 5.56 Å². The number of nitrogens with one attached hydrogen (secondary N) is 1. The van der Waals surface area contributed by atoms with Crippen molar-refractivity contribution in [3.63, 3.8) is 0 Å². The summed E-state index contributed by atoms with van der Waals surface area (Å²) in [6, 6.07) is 6.75. The number of furan rings is 1. The van der Waals surface area contributed by atoms with Crippen LogP contribution in [0.1, 0.15) is 29.8 Å². The summed E-state index contributed by atoms with van der Waals surface area (Å²) in [5.41, 5.74) is 1.02. The van der Waals surface area contributed by atoms with E-state index in [0.29, 0.717) is 10.7 Å². The molecule has 132 valence electrons. The van der Waals surface area contributed by atoms with E-state index in [4.69, 9.17) is 16.0 Å². The number of aromatic nitrogens is 1. The highest BCUT2D eigenvalue weighted by Crippen LogP contribution is 2.30. The van der Waals surface area contributed by atoms with Crippen LogP contribution in [0, 0.1) is 6.92 Å². The molecule has 0 atom stereocenters. The minimum atomic E-state index is -1.20. The third-order valence-electron chi connectivity index (χ3n) is 3.59. The van der Waals surface area contributed by atoms with E-state index in [1.807, 2.05) is 26.8 Å². The average Bonchev–Trinajstić information content (AvgIpc) is 3.05. The summed E-state index contributed by atoms with van der Waals surface area (Å²) in [5, 5.41) is 13.1. The van der Waals surface area contributed by atoms with Crippen molar-refractivity contribution < 1.29 is 14.3 Å². The van der Waals surface area contributed by atoms with Crippen LogP contribution in [0.2, 0.25) is 5.02 Å². The van der Waals surface area contributed by atoms with Gasteiger partial charge in [-0.15, -0.1) is 0 Å². The second kappa shape index (κ2) is 7.44. The smallest absolute Gasteiger partial charge is 0.343 e. The van der Waals surface area contributed by atoms with Gasteiger partial charge in [-0.25, -0.2) is 4.79 Å². The Hall–Kier alpha value is -2.73. The molecule has 0 spiro atoms. The quantitative estimate of drug-likeness (QED) is 0.713. The fourth-order valence-corrected chi connectivity index (χ4v) is 2.70. The fourth-order valence-electron chi connectivity index (χ4n) is 2.42. The molecule has 0 aliphatic carbocycles. The summed E-state index contributed by atoms with van der Waals surface area (Å²) in [6.45, 7) is 5.89. The predicted octanol–water partition coefficient (Wildman–Crippen LogP) is 4.56. The molecule has 0 amide bonds. The molecule has 3 rings (SSSR count). The van der Waals surface area contributed by atoms with E-state index < -0.39 is 5.97 Å². The second-order valence-corrected chi connectivity index (χ2v) is 5.57. The standard InChI is InChI=1S/C16H13ClN2O4.C2H6/c1-8-3-4-11(10(17)7-8)18-14-12(16(21)22)13-9(5-6-23-13)15(20)19(14)2;1-2/h3-7,18H,1-2H3,(H,21,22);1-2H3. The number of benzene rings is 1. The first-order chi connectivity index (χ1) is 11.9. The molecule has 2 aromatic heterocycles. The van der Waals surface area contributed by atoms with Crippen molar-refractivity contribution in [2.45, 2.75) is 20.8 Å². The lowest BCUT2D eigenvalue weighted by molar-refractivity contribution is 0.0698. The number of carbonyl (C=O) groups is 1. The molecule has 0 bridgehead atoms. The van der Waals surface area contributed by atoms with E-state index in [1.54, 1.807) is 12.1 Å². The van der Waals surface area contributed by atoms with Crippen molar-refractivity contribution in [1.29, 1.82) is 0 Å². The number of fused-ring (bicyclic) bond motifs is 1. The Balaban J connectivity index is 0.00000109. The Morgan fingerprint density at radius 2 is 1.96 bits per heavy atom. The summed E-state index contributed by atoms with van der Waals surface area (Å²) < 4.78 is 6.44. The van der Waals surface area contributed by atoms with Crippen LogP contribution >= 0.6 is 11.6 Å². The van der Waals surface area contributed by atoms with Gasteiger partial charge in [-0.1, -0.05) is 31.5 Å². The number of hydrogen-bond acceptors (Lipinski definition) is 4. The van der Waals surface area contributed by atoms with Gasteiger partial charge in [0.2, 0.25) is 0 Å². The number of carboxylic acid groups (broad SMARTS) is 1. The first-order valence-electron chi connectivity index (χ1n) is 7.77. The molecule has 1 aromatic carbocycles. The van der Waals surface area contributed by atoms with Crippen molar-refractivity contribution in [2.75, 3.05) is 5.32 Å². The Morgan fingerprint density at radius 3 is 2.56 bits per heavy atom. The van der Waals surface area contributed by atoms with Gasteiger partial charge >= 0.3 is 5.97 Å². The molecule has 0 aliphatic rings. The van der Waals surface area contributed by atoms with Crippen LogP contribution in [0.25, 0.3) is 11.0 Å². The van der Waals surface area contributed by atoms with Gasteiger partial charge in [0.05, 0.1) is 22.4 Å². The third-order valence-corrected chi connectivity index (χ3v) is 3.90. The number of pyridine rings is 1. The van der Waals surface area contributed by atoms with E-state index in [1.165, 1.54) is 23.9 Å². The maximum absolute atomic E-state index is 12.4. The topological polar surface area (TPSA) is 84.5 Å². The zero-order valence-electron chi connectivity index (χ0n) is 14.4. The van der Waals surface area contributed by atoms with Gasteiger partial charge in [-0.2, -0.15) is 0 Å². The Labute approximate surface area is 149 Å². The summed E-state index contributed by atoms with van der Waals surface area (Å²) in [4.78, 5) is 24.0. The summed E-state index contributed by atoms with van der Waals surface area (Å²) in [5.74, 6) is -1.10. The van der Waals surface area contributed by atoms with Gasteiger partial charge in [0.15, 0.2) is 5.58 Å². The van der Waals surface area contributed by atoms with Crippen molar-refractivity contribution >= 4 is 40.0 Å². The van der Waals surface area contributed by atoms with Crippen LogP contribution in [0.15, 0.2) is 39.7 Å². The molecule has 0 saturated carbocycles. The van der Waals surface area contributed by atoms with Crippen LogP contribution in [0.3, 0.4) is 0 Å². The maximum Gasteiger partial charge on any atom is 0.343 e. The number of carboxylic acids is 1. The molecule has 0 fully saturated rings. The monoisotopic (exact) mass is 362 g/mol. The van der Waals surface area contributed by atoms with Crippen molar-refractivity contribution in [1.82, 2.24) is 4.57 Å². The lowest BCUT2D eigenvalue weighted by Crippen LogP contribution is -2.22. The van der Waals surface area contributed by atoms with E-state index >= 15 is 0 Å². The molecule has 2 heterocycles. The fraction of sp³-hybridized carbons (Fsp3) is 0.222. The van der Waals surface area contributed by atoms with Crippen LogP contribution in [-0.4, -0.2) is 15.6 Å². The Morgan fingerprint density at radius 1 is 1.28 bits per heavy atom. The number of rotatable bonds is 3. The van der Waals surface area contributed by atoms with Crippen LogP contribution < -0.4 is 10.9 Å². The number of aromatic carboxylic acids is 1.